The highest BCUT2D eigenvalue weighted by molar-refractivity contribution is 7.89. The first kappa shape index (κ1) is 12.1. The molecule has 0 heterocycles. The highest BCUT2D eigenvalue weighted by Gasteiger charge is 2.33. The molecule has 0 aromatic rings. The molecular formula is C7H18O3SSi. The second kappa shape index (κ2) is 4.39. The molecule has 1 unspecified atom stereocenters. The minimum atomic E-state index is -3.31. The predicted octanol–water partition coefficient (Wildman–Crippen LogP) is 0.234. The summed E-state index contributed by atoms with van der Waals surface area (Å²) in [5.74, 6) is 0. The van der Waals surface area contributed by atoms with Gasteiger partial charge in [-0.25, -0.2) is 0 Å². The van der Waals surface area contributed by atoms with Gasteiger partial charge >= 0.3 is 0 Å². The van der Waals surface area contributed by atoms with Gasteiger partial charge in [-0.1, -0.05) is 19.8 Å². The molecule has 0 radical (unpaired) electrons. The maximum atomic E-state index is 11.3. The predicted molar refractivity (Wildman–Crippen MR) is 53.8 cm³/mol. The van der Waals surface area contributed by atoms with E-state index in [0.717, 1.165) is 12.8 Å². The lowest BCUT2D eigenvalue weighted by Crippen LogP contribution is -2.36. The van der Waals surface area contributed by atoms with Crippen LogP contribution < -0.4 is 0 Å². The first-order valence-corrected chi connectivity index (χ1v) is 6.58. The van der Waals surface area contributed by atoms with Crippen molar-refractivity contribution in [1.82, 2.24) is 0 Å². The molecule has 74 valence electrons. The Kier molecular flexibility index (Phi) is 4.43. The van der Waals surface area contributed by atoms with Crippen molar-refractivity contribution < 1.29 is 12.6 Å². The fraction of sp³-hybridized carbons (Fsp3) is 1.00. The van der Waals surface area contributed by atoms with Gasteiger partial charge in [0.1, 0.15) is 0 Å². The van der Waals surface area contributed by atoms with Crippen LogP contribution in [0.25, 0.3) is 0 Å². The fourth-order valence-electron chi connectivity index (χ4n) is 0.953. The van der Waals surface area contributed by atoms with Gasteiger partial charge in [0.05, 0.1) is 11.5 Å². The van der Waals surface area contributed by atoms with Gasteiger partial charge in [-0.2, -0.15) is 8.42 Å². The summed E-state index contributed by atoms with van der Waals surface area (Å²) >= 11 is 0. The molecule has 5 heteroatoms. The molecule has 0 saturated heterocycles. The monoisotopic (exact) mass is 210 g/mol. The second-order valence-electron chi connectivity index (χ2n) is 3.48. The molecular weight excluding hydrogens is 192 g/mol. The maximum Gasteiger partial charge on any atom is 0.268 e. The average molecular weight is 210 g/mol. The molecule has 0 N–H and O–H groups in total. The van der Waals surface area contributed by atoms with Gasteiger partial charge in [0.2, 0.25) is 0 Å². The number of hydrogen-bond acceptors (Lipinski definition) is 3. The van der Waals surface area contributed by atoms with Crippen molar-refractivity contribution in [3.63, 3.8) is 0 Å². The zero-order chi connectivity index (χ0) is 9.83. The average Bonchev–Trinajstić information content (AvgIpc) is 2.00. The van der Waals surface area contributed by atoms with Gasteiger partial charge in [0.25, 0.3) is 10.1 Å². The zero-order valence-corrected chi connectivity index (χ0v) is 11.1. The molecule has 0 rings (SSSR count). The van der Waals surface area contributed by atoms with Crippen LogP contribution in [0.15, 0.2) is 0 Å². The van der Waals surface area contributed by atoms with Gasteiger partial charge < -0.3 is 0 Å². The molecule has 12 heavy (non-hydrogen) atoms. The van der Waals surface area contributed by atoms with Gasteiger partial charge in [0, 0.05) is 10.2 Å². The fourth-order valence-corrected chi connectivity index (χ4v) is 2.65. The molecule has 0 spiro atoms. The second-order valence-corrected chi connectivity index (χ2v) is 8.76. The van der Waals surface area contributed by atoms with E-state index in [0.29, 0.717) is 16.7 Å². The van der Waals surface area contributed by atoms with Crippen LogP contribution in [0.2, 0.25) is 0 Å². The molecule has 0 fully saturated rings. The van der Waals surface area contributed by atoms with E-state index >= 15 is 0 Å². The summed E-state index contributed by atoms with van der Waals surface area (Å²) in [4.78, 5) is 0. The molecule has 0 aliphatic rings. The van der Waals surface area contributed by atoms with Crippen LogP contribution in [-0.2, 0) is 14.3 Å². The Morgan fingerprint density at radius 1 is 1.50 bits per heavy atom. The number of rotatable bonds is 5. The quantitative estimate of drug-likeness (QED) is 0.482. The van der Waals surface area contributed by atoms with Crippen molar-refractivity contribution >= 4 is 20.4 Å². The lowest BCUT2D eigenvalue weighted by molar-refractivity contribution is 0.379. The van der Waals surface area contributed by atoms with Gasteiger partial charge in [-0.15, -0.1) is 0 Å². The first-order valence-electron chi connectivity index (χ1n) is 4.17. The van der Waals surface area contributed by atoms with Crippen molar-refractivity contribution in [2.75, 3.05) is 7.11 Å². The van der Waals surface area contributed by atoms with E-state index in [1.165, 1.54) is 7.11 Å². The molecule has 3 nitrogen and oxygen atoms in total. The first-order chi connectivity index (χ1) is 5.37. The third kappa shape index (κ3) is 2.88. The molecule has 0 bridgehead atoms. The Morgan fingerprint density at radius 3 is 2.33 bits per heavy atom. The summed E-state index contributed by atoms with van der Waals surface area (Å²) < 4.78 is 26.6. The van der Waals surface area contributed by atoms with Gasteiger partial charge in [0.15, 0.2) is 0 Å². The van der Waals surface area contributed by atoms with E-state index in [1.54, 1.807) is 6.92 Å². The molecule has 1 atom stereocenters. The van der Waals surface area contributed by atoms with Crippen molar-refractivity contribution in [2.45, 2.75) is 37.5 Å². The van der Waals surface area contributed by atoms with Gasteiger partial charge in [-0.3, -0.25) is 4.18 Å². The van der Waals surface area contributed by atoms with Crippen molar-refractivity contribution in [1.29, 1.82) is 0 Å². The van der Waals surface area contributed by atoms with Crippen LogP contribution >= 0.6 is 0 Å². The van der Waals surface area contributed by atoms with E-state index in [-0.39, 0.29) is 0 Å². The zero-order valence-electron chi connectivity index (χ0n) is 8.25. The SMILES string of the molecule is CCCCC(C)([SiH3])S(=O)(=O)OC. The van der Waals surface area contributed by atoms with Crippen molar-refractivity contribution in [3.05, 3.63) is 0 Å². The Labute approximate surface area is 78.0 Å². The summed E-state index contributed by atoms with van der Waals surface area (Å²) in [6, 6.07) is 0. The largest absolute Gasteiger partial charge is 0.273 e. The summed E-state index contributed by atoms with van der Waals surface area (Å²) in [6.45, 7) is 3.81. The molecule has 0 amide bonds. The van der Waals surface area contributed by atoms with E-state index in [4.69, 9.17) is 0 Å². The molecule has 0 saturated carbocycles. The Bertz CT molecular complexity index is 221. The number of unbranched alkanes of at least 4 members (excludes halogenated alkanes) is 1. The molecule has 0 aromatic heterocycles. The highest BCUT2D eigenvalue weighted by atomic mass is 32.2. The van der Waals surface area contributed by atoms with Crippen LogP contribution in [0.4, 0.5) is 0 Å². The summed E-state index contributed by atoms with van der Waals surface area (Å²) in [6.07, 6.45) is 2.69. The third-order valence-corrected chi connectivity index (χ3v) is 6.03. The Hall–Kier alpha value is 0.127. The minimum absolute atomic E-state index is 0.613. The van der Waals surface area contributed by atoms with Crippen molar-refractivity contribution in [3.8, 4) is 0 Å². The Morgan fingerprint density at radius 2 is 2.00 bits per heavy atom. The lowest BCUT2D eigenvalue weighted by Gasteiger charge is -2.22. The van der Waals surface area contributed by atoms with E-state index < -0.39 is 14.5 Å². The standard InChI is InChI=1S/C7H18O3SSi/c1-4-5-6-7(2,12)11(8,9)10-3/h4-6H2,1-3,12H3. The lowest BCUT2D eigenvalue weighted by atomic mass is 10.2. The van der Waals surface area contributed by atoms with E-state index in [1.807, 2.05) is 0 Å². The summed E-state index contributed by atoms with van der Waals surface area (Å²) in [7, 11) is -1.46. The van der Waals surface area contributed by atoms with Crippen LogP contribution in [0.3, 0.4) is 0 Å². The van der Waals surface area contributed by atoms with Crippen LogP contribution in [0, 0.1) is 0 Å². The summed E-state index contributed by atoms with van der Waals surface area (Å²) in [5, 5.41) is 0. The van der Waals surface area contributed by atoms with Gasteiger partial charge in [-0.05, 0) is 13.3 Å². The van der Waals surface area contributed by atoms with Crippen LogP contribution in [0.1, 0.15) is 33.1 Å². The summed E-state index contributed by atoms with van der Waals surface area (Å²) in [5.41, 5.74) is 0. The normalized spacial score (nSPS) is 17.6. The van der Waals surface area contributed by atoms with E-state index in [9.17, 15) is 8.42 Å². The molecule has 0 aromatic carbocycles. The van der Waals surface area contributed by atoms with Crippen LogP contribution in [0.5, 0.6) is 0 Å². The molecule has 0 aliphatic carbocycles. The number of hydrogen-bond donors (Lipinski definition) is 0. The Balaban J connectivity index is 4.39. The third-order valence-electron chi connectivity index (χ3n) is 2.03. The highest BCUT2D eigenvalue weighted by Crippen LogP contribution is 2.21. The van der Waals surface area contributed by atoms with E-state index in [2.05, 4.69) is 11.1 Å². The maximum absolute atomic E-state index is 11.3. The molecule has 0 aliphatic heterocycles. The van der Waals surface area contributed by atoms with Crippen molar-refractivity contribution in [2.24, 2.45) is 0 Å². The smallest absolute Gasteiger partial charge is 0.268 e. The van der Waals surface area contributed by atoms with Crippen LogP contribution in [-0.4, -0.2) is 30.1 Å². The minimum Gasteiger partial charge on any atom is -0.273 e. The topological polar surface area (TPSA) is 43.4 Å².